The van der Waals surface area contributed by atoms with E-state index in [1.165, 1.54) is 50.3 Å². The minimum Gasteiger partial charge on any atom is -0.329 e. The lowest BCUT2D eigenvalue weighted by atomic mass is 9.79. The fraction of sp³-hybridized carbons (Fsp3) is 1.00. The van der Waals surface area contributed by atoms with Crippen molar-refractivity contribution in [1.29, 1.82) is 0 Å². The molecule has 2 aliphatic rings. The molecule has 2 heterocycles. The summed E-state index contributed by atoms with van der Waals surface area (Å²) < 4.78 is 0. The Morgan fingerprint density at radius 1 is 1.33 bits per heavy atom. The van der Waals surface area contributed by atoms with Gasteiger partial charge in [0.2, 0.25) is 0 Å². The number of hydrogen-bond donors (Lipinski definition) is 1. The second kappa shape index (κ2) is 5.72. The monoisotopic (exact) mass is 270 g/mol. The molecule has 18 heavy (non-hydrogen) atoms. The van der Waals surface area contributed by atoms with Gasteiger partial charge in [-0.3, -0.25) is 4.90 Å². The van der Waals surface area contributed by atoms with Crippen LogP contribution in [0.15, 0.2) is 0 Å². The molecular weight excluding hydrogens is 240 g/mol. The molecule has 2 rings (SSSR count). The Morgan fingerprint density at radius 2 is 2.11 bits per heavy atom. The highest BCUT2D eigenvalue weighted by Crippen LogP contribution is 2.43. The van der Waals surface area contributed by atoms with Crippen LogP contribution in [0.3, 0.4) is 0 Å². The Hall–Kier alpha value is 0.270. The zero-order valence-electron chi connectivity index (χ0n) is 12.4. The summed E-state index contributed by atoms with van der Waals surface area (Å²) in [5.74, 6) is 3.46. The fourth-order valence-corrected chi connectivity index (χ4v) is 5.42. The molecule has 0 aromatic carbocycles. The summed E-state index contributed by atoms with van der Waals surface area (Å²) in [7, 11) is 0. The average molecular weight is 270 g/mol. The van der Waals surface area contributed by atoms with Crippen molar-refractivity contribution in [2.75, 3.05) is 31.1 Å². The third kappa shape index (κ3) is 3.05. The number of nitrogens with two attached hydrogens (primary N) is 1. The maximum absolute atomic E-state index is 6.20. The number of nitrogens with zero attached hydrogens (tertiary/aromatic N) is 1. The molecular formula is C15H30N2S. The molecule has 2 N–H and O–H groups in total. The van der Waals surface area contributed by atoms with Gasteiger partial charge in [0.15, 0.2) is 0 Å². The third-order valence-corrected chi connectivity index (χ3v) is 6.43. The lowest BCUT2D eigenvalue weighted by Crippen LogP contribution is -2.59. The van der Waals surface area contributed by atoms with Crippen molar-refractivity contribution in [3.05, 3.63) is 0 Å². The Labute approximate surface area is 117 Å². The Morgan fingerprint density at radius 3 is 2.72 bits per heavy atom. The normalized spacial score (nSPS) is 37.0. The Bertz CT molecular complexity index is 280. The standard InChI is InChI=1S/C15H30N2S/c1-4-5-13-6-7-17(8-13)15(10-16)9-14(2,3)11-18-12-15/h13H,4-12,16H2,1-3H3. The summed E-state index contributed by atoms with van der Waals surface area (Å²) in [6, 6.07) is 0. The maximum atomic E-state index is 6.20. The second-order valence-electron chi connectivity index (χ2n) is 7.15. The van der Waals surface area contributed by atoms with Crippen LogP contribution in [0.5, 0.6) is 0 Å². The SMILES string of the molecule is CCCC1CCN(C2(CN)CSCC(C)(C)C2)C1. The van der Waals surface area contributed by atoms with Crippen LogP contribution in [0, 0.1) is 11.3 Å². The van der Waals surface area contributed by atoms with Gasteiger partial charge in [-0.25, -0.2) is 0 Å². The summed E-state index contributed by atoms with van der Waals surface area (Å²) >= 11 is 2.11. The highest BCUT2D eigenvalue weighted by atomic mass is 32.2. The van der Waals surface area contributed by atoms with Gasteiger partial charge in [-0.2, -0.15) is 11.8 Å². The van der Waals surface area contributed by atoms with E-state index in [9.17, 15) is 0 Å². The molecule has 0 aromatic heterocycles. The van der Waals surface area contributed by atoms with Crippen molar-refractivity contribution in [2.24, 2.45) is 17.1 Å². The van der Waals surface area contributed by atoms with Crippen molar-refractivity contribution < 1.29 is 0 Å². The highest BCUT2D eigenvalue weighted by Gasteiger charge is 2.45. The zero-order chi connectivity index (χ0) is 13.2. The fourth-order valence-electron chi connectivity index (χ4n) is 3.88. The smallest absolute Gasteiger partial charge is 0.0427 e. The van der Waals surface area contributed by atoms with Gasteiger partial charge in [-0.15, -0.1) is 0 Å². The topological polar surface area (TPSA) is 29.3 Å². The molecule has 0 saturated carbocycles. The lowest BCUT2D eigenvalue weighted by Gasteiger charge is -2.49. The minimum absolute atomic E-state index is 0.287. The van der Waals surface area contributed by atoms with E-state index in [0.29, 0.717) is 5.41 Å². The molecule has 0 amide bonds. The van der Waals surface area contributed by atoms with E-state index in [2.05, 4.69) is 37.4 Å². The van der Waals surface area contributed by atoms with Gasteiger partial charge in [-0.05, 0) is 42.9 Å². The number of hydrogen-bond acceptors (Lipinski definition) is 3. The van der Waals surface area contributed by atoms with Gasteiger partial charge in [-0.1, -0.05) is 27.2 Å². The lowest BCUT2D eigenvalue weighted by molar-refractivity contribution is 0.0876. The Kier molecular flexibility index (Phi) is 4.66. The van der Waals surface area contributed by atoms with Crippen molar-refractivity contribution in [2.45, 2.75) is 52.0 Å². The van der Waals surface area contributed by atoms with E-state index in [4.69, 9.17) is 5.73 Å². The highest BCUT2D eigenvalue weighted by molar-refractivity contribution is 7.99. The van der Waals surface area contributed by atoms with Crippen molar-refractivity contribution in [3.8, 4) is 0 Å². The van der Waals surface area contributed by atoms with E-state index in [1.807, 2.05) is 0 Å². The molecule has 2 saturated heterocycles. The molecule has 0 spiro atoms. The van der Waals surface area contributed by atoms with Gasteiger partial charge < -0.3 is 5.73 Å². The van der Waals surface area contributed by atoms with Gasteiger partial charge in [0.25, 0.3) is 0 Å². The molecule has 0 bridgehead atoms. The molecule has 2 unspecified atom stereocenters. The average Bonchev–Trinajstić information content (AvgIpc) is 2.77. The van der Waals surface area contributed by atoms with Gasteiger partial charge in [0, 0.05) is 24.4 Å². The van der Waals surface area contributed by atoms with Crippen LogP contribution < -0.4 is 5.73 Å². The maximum Gasteiger partial charge on any atom is 0.0427 e. The summed E-state index contributed by atoms with van der Waals surface area (Å²) in [6.45, 7) is 10.5. The van der Waals surface area contributed by atoms with E-state index in [-0.39, 0.29) is 5.54 Å². The van der Waals surface area contributed by atoms with Gasteiger partial charge in [0.1, 0.15) is 0 Å². The van der Waals surface area contributed by atoms with Gasteiger partial charge >= 0.3 is 0 Å². The van der Waals surface area contributed by atoms with E-state index in [1.54, 1.807) is 0 Å². The van der Waals surface area contributed by atoms with Crippen molar-refractivity contribution in [1.82, 2.24) is 4.90 Å². The number of rotatable bonds is 4. The second-order valence-corrected chi connectivity index (χ2v) is 8.14. The van der Waals surface area contributed by atoms with Crippen LogP contribution >= 0.6 is 11.8 Å². The molecule has 0 aromatic rings. The van der Waals surface area contributed by atoms with Crippen LogP contribution in [0.4, 0.5) is 0 Å². The third-order valence-electron chi connectivity index (χ3n) is 4.70. The molecule has 0 radical (unpaired) electrons. The summed E-state index contributed by atoms with van der Waals surface area (Å²) in [5.41, 5.74) is 6.94. The van der Waals surface area contributed by atoms with Crippen LogP contribution in [0.1, 0.15) is 46.5 Å². The minimum atomic E-state index is 0.287. The van der Waals surface area contributed by atoms with Gasteiger partial charge in [0.05, 0.1) is 0 Å². The first-order valence-corrected chi connectivity index (χ1v) is 8.70. The van der Waals surface area contributed by atoms with Crippen LogP contribution in [-0.2, 0) is 0 Å². The number of likely N-dealkylation sites (tertiary alicyclic amines) is 1. The number of thioether (sulfide) groups is 1. The molecule has 2 aliphatic heterocycles. The van der Waals surface area contributed by atoms with Crippen LogP contribution in [0.25, 0.3) is 0 Å². The summed E-state index contributed by atoms with van der Waals surface area (Å²) in [4.78, 5) is 2.74. The quantitative estimate of drug-likeness (QED) is 0.851. The van der Waals surface area contributed by atoms with Crippen molar-refractivity contribution >= 4 is 11.8 Å². The molecule has 2 atom stereocenters. The largest absolute Gasteiger partial charge is 0.329 e. The summed E-state index contributed by atoms with van der Waals surface area (Å²) in [5, 5.41) is 0. The molecule has 3 heteroatoms. The van der Waals surface area contributed by atoms with E-state index in [0.717, 1.165) is 12.5 Å². The van der Waals surface area contributed by atoms with E-state index >= 15 is 0 Å². The van der Waals surface area contributed by atoms with Crippen LogP contribution in [-0.4, -0.2) is 41.6 Å². The molecule has 106 valence electrons. The van der Waals surface area contributed by atoms with Crippen molar-refractivity contribution in [3.63, 3.8) is 0 Å². The first kappa shape index (κ1) is 14.7. The molecule has 2 nitrogen and oxygen atoms in total. The predicted molar refractivity (Wildman–Crippen MR) is 82.1 cm³/mol. The first-order valence-electron chi connectivity index (χ1n) is 7.54. The molecule has 2 fully saturated rings. The summed E-state index contributed by atoms with van der Waals surface area (Å²) in [6.07, 6.45) is 5.39. The van der Waals surface area contributed by atoms with Crippen LogP contribution in [0.2, 0.25) is 0 Å². The predicted octanol–water partition coefficient (Wildman–Crippen LogP) is 2.97. The Balaban J connectivity index is 2.04. The molecule has 0 aliphatic carbocycles. The van der Waals surface area contributed by atoms with E-state index < -0.39 is 0 Å². The zero-order valence-corrected chi connectivity index (χ0v) is 13.2. The first-order chi connectivity index (χ1) is 8.51.